The fourth-order valence-electron chi connectivity index (χ4n) is 3.94. The van der Waals surface area contributed by atoms with Crippen molar-refractivity contribution in [2.24, 2.45) is 0 Å². The van der Waals surface area contributed by atoms with Crippen molar-refractivity contribution in [1.82, 2.24) is 9.55 Å². The molecule has 3 nitrogen and oxygen atoms in total. The Bertz CT molecular complexity index is 935. The number of thiophene rings is 1. The molecule has 158 valence electrons. The van der Waals surface area contributed by atoms with E-state index in [0.717, 1.165) is 41.5 Å². The number of nitrogens with zero attached hydrogens (tertiary/aromatic N) is 2. The van der Waals surface area contributed by atoms with E-state index in [1.165, 1.54) is 0 Å². The number of anilines is 1. The number of alkyl halides is 2. The molecule has 1 saturated carbocycles. The average molecular weight is 460 g/mol. The first-order valence-corrected chi connectivity index (χ1v) is 11.6. The number of aromatic nitrogens is 2. The molecule has 0 aromatic carbocycles. The van der Waals surface area contributed by atoms with Gasteiger partial charge in [-0.1, -0.05) is 62.4 Å². The molecule has 3 aromatic heterocycles. The van der Waals surface area contributed by atoms with Crippen LogP contribution in [0.15, 0.2) is 23.6 Å². The van der Waals surface area contributed by atoms with Crippen LogP contribution in [-0.4, -0.2) is 9.55 Å². The van der Waals surface area contributed by atoms with Crippen molar-refractivity contribution in [1.29, 1.82) is 0 Å². The van der Waals surface area contributed by atoms with Crippen LogP contribution in [-0.2, 0) is 6.54 Å². The fourth-order valence-corrected chi connectivity index (χ4v) is 5.15. The number of pyridine rings is 1. The maximum Gasteiger partial charge on any atom is 0.319 e. The summed E-state index contributed by atoms with van der Waals surface area (Å²) in [4.78, 5) is 5.38. The molecule has 0 atom stereocenters. The maximum atomic E-state index is 14.1. The van der Waals surface area contributed by atoms with Gasteiger partial charge in [0.15, 0.2) is 0 Å². The topological polar surface area (TPSA) is 29.9 Å². The molecule has 0 bridgehead atoms. The summed E-state index contributed by atoms with van der Waals surface area (Å²) in [5.41, 5.74) is 1.70. The normalized spacial score (nSPS) is 14.9. The molecule has 0 amide bonds. The van der Waals surface area contributed by atoms with Crippen molar-refractivity contribution >= 4 is 51.3 Å². The van der Waals surface area contributed by atoms with Gasteiger partial charge in [0.2, 0.25) is 0 Å². The Morgan fingerprint density at radius 1 is 1.24 bits per heavy atom. The lowest BCUT2D eigenvalue weighted by molar-refractivity contribution is 0.0705. The van der Waals surface area contributed by atoms with Gasteiger partial charge in [0.1, 0.15) is 10.7 Å². The third-order valence-corrected chi connectivity index (χ3v) is 6.56. The van der Waals surface area contributed by atoms with Crippen LogP contribution in [0.5, 0.6) is 0 Å². The van der Waals surface area contributed by atoms with Crippen molar-refractivity contribution in [2.75, 3.05) is 5.32 Å². The monoisotopic (exact) mass is 459 g/mol. The Hall–Kier alpha value is -1.37. The summed E-state index contributed by atoms with van der Waals surface area (Å²) in [7, 11) is 0. The van der Waals surface area contributed by atoms with Crippen LogP contribution >= 0.6 is 34.5 Å². The molecule has 1 aliphatic rings. The second kappa shape index (κ2) is 10.1. The van der Waals surface area contributed by atoms with Gasteiger partial charge >= 0.3 is 6.55 Å². The molecule has 1 aliphatic carbocycles. The molecule has 0 spiro atoms. The number of hydrogen-bond donors (Lipinski definition) is 1. The van der Waals surface area contributed by atoms with Crippen molar-refractivity contribution in [3.8, 4) is 0 Å². The number of fused-ring (bicyclic) bond motifs is 1. The van der Waals surface area contributed by atoms with Gasteiger partial charge < -0.3 is 5.32 Å². The van der Waals surface area contributed by atoms with Gasteiger partial charge in [-0.3, -0.25) is 4.57 Å². The zero-order chi connectivity index (χ0) is 21.0. The summed E-state index contributed by atoms with van der Waals surface area (Å²) in [5, 5.41) is 5.76. The first-order chi connectivity index (χ1) is 14.1. The molecule has 29 heavy (non-hydrogen) atoms. The molecule has 1 N–H and O–H groups in total. The summed E-state index contributed by atoms with van der Waals surface area (Å²) >= 11 is 14.4. The Balaban J connectivity index is 0.00000117. The predicted octanol–water partition coefficient (Wildman–Crippen LogP) is 8.49. The van der Waals surface area contributed by atoms with Crippen LogP contribution in [0.1, 0.15) is 69.0 Å². The van der Waals surface area contributed by atoms with E-state index in [1.807, 2.05) is 31.4 Å². The Labute approximate surface area is 184 Å². The molecular formula is C21H25Cl2F2N3S. The molecule has 3 aromatic rings. The molecule has 0 aliphatic heterocycles. The maximum absolute atomic E-state index is 14.1. The average Bonchev–Trinajstić information content (AvgIpc) is 3.35. The van der Waals surface area contributed by atoms with E-state index in [9.17, 15) is 8.78 Å². The number of hydrogen-bond acceptors (Lipinski definition) is 3. The standard InChI is InChI=1S/C19H19Cl2F2N3S.C2H6/c20-14-9-13(24-10-12-7-4-8-27-12)18-16(25-14)15(21)17(26(18)19(22)23)11-5-2-1-3-6-11;1-2/h4,7-9,11,19H,1-3,5-6,10H2,(H,24,25);1-2H3. The van der Waals surface area contributed by atoms with Gasteiger partial charge in [-0.2, -0.15) is 8.78 Å². The van der Waals surface area contributed by atoms with Crippen LogP contribution in [0.3, 0.4) is 0 Å². The minimum Gasteiger partial charge on any atom is -0.378 e. The summed E-state index contributed by atoms with van der Waals surface area (Å²) in [5.74, 6) is 0.0263. The first-order valence-electron chi connectivity index (χ1n) is 10.0. The summed E-state index contributed by atoms with van der Waals surface area (Å²) in [6.45, 7) is 1.83. The summed E-state index contributed by atoms with van der Waals surface area (Å²) < 4.78 is 29.3. The van der Waals surface area contributed by atoms with Crippen LogP contribution in [0.2, 0.25) is 10.2 Å². The van der Waals surface area contributed by atoms with Crippen molar-refractivity contribution in [3.63, 3.8) is 0 Å². The SMILES string of the molecule is CC.FC(F)n1c(C2CCCCC2)c(Cl)c2nc(Cl)cc(NCc3cccs3)c21. The van der Waals surface area contributed by atoms with Gasteiger partial charge in [0, 0.05) is 29.1 Å². The second-order valence-electron chi connectivity index (χ2n) is 6.80. The third-order valence-electron chi connectivity index (χ3n) is 5.11. The van der Waals surface area contributed by atoms with E-state index in [0.29, 0.717) is 34.0 Å². The smallest absolute Gasteiger partial charge is 0.319 e. The van der Waals surface area contributed by atoms with Gasteiger partial charge in [-0.05, 0) is 24.3 Å². The molecule has 0 radical (unpaired) electrons. The zero-order valence-corrected chi connectivity index (χ0v) is 18.8. The van der Waals surface area contributed by atoms with Gasteiger partial charge in [-0.15, -0.1) is 11.3 Å². The predicted molar refractivity (Wildman–Crippen MR) is 120 cm³/mol. The number of rotatable bonds is 5. The zero-order valence-electron chi connectivity index (χ0n) is 16.5. The Morgan fingerprint density at radius 2 is 1.97 bits per heavy atom. The Kier molecular flexibility index (Phi) is 7.77. The summed E-state index contributed by atoms with van der Waals surface area (Å²) in [6, 6.07) is 5.54. The number of halogens is 4. The largest absolute Gasteiger partial charge is 0.378 e. The molecule has 0 unspecified atom stereocenters. The highest BCUT2D eigenvalue weighted by Gasteiger charge is 2.30. The van der Waals surface area contributed by atoms with Crippen LogP contribution in [0, 0.1) is 0 Å². The fraction of sp³-hybridized carbons (Fsp3) is 0.476. The summed E-state index contributed by atoms with van der Waals surface area (Å²) in [6.07, 6.45) is 4.94. The second-order valence-corrected chi connectivity index (χ2v) is 8.60. The van der Waals surface area contributed by atoms with E-state index < -0.39 is 6.55 Å². The lowest BCUT2D eigenvalue weighted by Gasteiger charge is -2.24. The number of nitrogens with one attached hydrogen (secondary N) is 1. The van der Waals surface area contributed by atoms with E-state index in [-0.39, 0.29) is 11.1 Å². The molecule has 8 heteroatoms. The van der Waals surface area contributed by atoms with E-state index >= 15 is 0 Å². The highest BCUT2D eigenvalue weighted by molar-refractivity contribution is 7.09. The van der Waals surface area contributed by atoms with E-state index in [2.05, 4.69) is 10.3 Å². The highest BCUT2D eigenvalue weighted by atomic mass is 35.5. The van der Waals surface area contributed by atoms with Crippen molar-refractivity contribution in [3.05, 3.63) is 44.3 Å². The third kappa shape index (κ3) is 4.70. The van der Waals surface area contributed by atoms with Crippen molar-refractivity contribution < 1.29 is 8.78 Å². The quantitative estimate of drug-likeness (QED) is 0.387. The van der Waals surface area contributed by atoms with Crippen molar-refractivity contribution in [2.45, 2.75) is 65.0 Å². The molecule has 1 fully saturated rings. The lowest BCUT2D eigenvalue weighted by Crippen LogP contribution is -2.13. The first kappa shape index (κ1) is 22.3. The molecular weight excluding hydrogens is 435 g/mol. The van der Waals surface area contributed by atoms with Gasteiger partial charge in [0.25, 0.3) is 0 Å². The lowest BCUT2D eigenvalue weighted by atomic mass is 9.87. The van der Waals surface area contributed by atoms with E-state index in [1.54, 1.807) is 17.4 Å². The Morgan fingerprint density at radius 3 is 2.59 bits per heavy atom. The van der Waals surface area contributed by atoms with E-state index in [4.69, 9.17) is 23.2 Å². The van der Waals surface area contributed by atoms with Crippen LogP contribution in [0.25, 0.3) is 11.0 Å². The van der Waals surface area contributed by atoms with Crippen LogP contribution in [0.4, 0.5) is 14.5 Å². The van der Waals surface area contributed by atoms with Gasteiger partial charge in [0.05, 0.1) is 16.2 Å². The molecule has 0 saturated heterocycles. The minimum absolute atomic E-state index is 0.0263. The minimum atomic E-state index is -2.69. The highest BCUT2D eigenvalue weighted by Crippen LogP contribution is 2.45. The molecule has 3 heterocycles. The molecule has 4 rings (SSSR count). The van der Waals surface area contributed by atoms with Crippen LogP contribution < -0.4 is 5.32 Å². The van der Waals surface area contributed by atoms with Gasteiger partial charge in [-0.25, -0.2) is 4.98 Å².